The van der Waals surface area contributed by atoms with Gasteiger partial charge in [-0.05, 0) is 7.05 Å². The van der Waals surface area contributed by atoms with Gasteiger partial charge in [0, 0.05) is 12.4 Å². The zero-order chi connectivity index (χ0) is 7.40. The normalized spacial score (nSPS) is 12.9. The molecule has 0 saturated carbocycles. The van der Waals surface area contributed by atoms with Crippen LogP contribution in [-0.4, -0.2) is 17.0 Å². The molecule has 1 heterocycles. The van der Waals surface area contributed by atoms with E-state index >= 15 is 0 Å². The van der Waals surface area contributed by atoms with Crippen molar-refractivity contribution < 1.29 is 0 Å². The summed E-state index contributed by atoms with van der Waals surface area (Å²) in [5.41, 5.74) is 0. The summed E-state index contributed by atoms with van der Waals surface area (Å²) in [5, 5.41) is 3.04. The molecule has 0 radical (unpaired) electrons. The number of likely N-dealkylation sites (N-methyl/N-ethyl adjacent to an activating group) is 1. The van der Waals surface area contributed by atoms with Crippen molar-refractivity contribution in [2.75, 3.05) is 7.05 Å². The molecule has 54 valence electrons. The lowest BCUT2D eigenvalue weighted by atomic mass is 10.3. The number of nitrogens with one attached hydrogen (secondary N) is 2. The molecule has 1 aromatic rings. The Bertz CT molecular complexity index is 191. The highest BCUT2D eigenvalue weighted by Gasteiger charge is 2.04. The molecule has 1 unspecified atom stereocenters. The van der Waals surface area contributed by atoms with Crippen molar-refractivity contribution >= 4 is 0 Å². The molecule has 0 aliphatic rings. The van der Waals surface area contributed by atoms with Gasteiger partial charge >= 0.3 is 0 Å². The molecular formula is C7H11N3. The van der Waals surface area contributed by atoms with E-state index in [1.54, 1.807) is 18.5 Å². The summed E-state index contributed by atoms with van der Waals surface area (Å²) in [6, 6.07) is 0.134. The molecule has 3 nitrogen and oxygen atoms in total. The van der Waals surface area contributed by atoms with Gasteiger partial charge in [0.05, 0.1) is 6.04 Å². The minimum atomic E-state index is 0.134. The molecular weight excluding hydrogens is 126 g/mol. The number of hydrogen-bond acceptors (Lipinski definition) is 2. The van der Waals surface area contributed by atoms with E-state index in [4.69, 9.17) is 0 Å². The lowest BCUT2D eigenvalue weighted by molar-refractivity contribution is 0.677. The molecule has 2 N–H and O–H groups in total. The van der Waals surface area contributed by atoms with Gasteiger partial charge in [0.25, 0.3) is 0 Å². The molecule has 0 aromatic carbocycles. The Labute approximate surface area is 60.2 Å². The van der Waals surface area contributed by atoms with Crippen LogP contribution in [0.2, 0.25) is 0 Å². The quantitative estimate of drug-likeness (QED) is 0.606. The number of H-pyrrole nitrogens is 1. The molecule has 3 heteroatoms. The first-order valence-electron chi connectivity index (χ1n) is 3.17. The van der Waals surface area contributed by atoms with E-state index in [1.165, 1.54) is 0 Å². The maximum Gasteiger partial charge on any atom is 0.127 e. The molecule has 0 amide bonds. The molecule has 1 aromatic heterocycles. The Morgan fingerprint density at radius 3 is 3.10 bits per heavy atom. The number of imidazole rings is 1. The molecule has 0 spiro atoms. The monoisotopic (exact) mass is 137 g/mol. The summed E-state index contributed by atoms with van der Waals surface area (Å²) in [6.07, 6.45) is 5.32. The minimum absolute atomic E-state index is 0.134. The predicted molar refractivity (Wildman–Crippen MR) is 40.6 cm³/mol. The Morgan fingerprint density at radius 2 is 2.70 bits per heavy atom. The first-order valence-corrected chi connectivity index (χ1v) is 3.17. The van der Waals surface area contributed by atoms with E-state index in [0.29, 0.717) is 0 Å². The first-order chi connectivity index (χ1) is 4.88. The second-order valence-corrected chi connectivity index (χ2v) is 1.98. The van der Waals surface area contributed by atoms with Gasteiger partial charge < -0.3 is 10.3 Å². The Balaban J connectivity index is 2.73. The number of aromatic amines is 1. The maximum atomic E-state index is 4.07. The van der Waals surface area contributed by atoms with Crippen LogP contribution in [0.15, 0.2) is 25.0 Å². The number of aromatic nitrogens is 2. The van der Waals surface area contributed by atoms with Gasteiger partial charge in [-0.1, -0.05) is 6.08 Å². The van der Waals surface area contributed by atoms with E-state index in [9.17, 15) is 0 Å². The van der Waals surface area contributed by atoms with E-state index in [2.05, 4.69) is 21.9 Å². The Morgan fingerprint density at radius 1 is 1.90 bits per heavy atom. The summed E-state index contributed by atoms with van der Waals surface area (Å²) in [5.74, 6) is 0.900. The first kappa shape index (κ1) is 7.02. The number of nitrogens with zero attached hydrogens (tertiary/aromatic N) is 1. The van der Waals surface area contributed by atoms with Gasteiger partial charge in [-0.3, -0.25) is 0 Å². The third-order valence-corrected chi connectivity index (χ3v) is 1.36. The largest absolute Gasteiger partial charge is 0.347 e. The van der Waals surface area contributed by atoms with Gasteiger partial charge in [0.1, 0.15) is 5.82 Å². The van der Waals surface area contributed by atoms with Crippen molar-refractivity contribution in [3.63, 3.8) is 0 Å². The Kier molecular flexibility index (Phi) is 2.23. The zero-order valence-electron chi connectivity index (χ0n) is 5.96. The summed E-state index contributed by atoms with van der Waals surface area (Å²) < 4.78 is 0. The summed E-state index contributed by atoms with van der Waals surface area (Å²) in [7, 11) is 1.87. The van der Waals surface area contributed by atoms with Crippen molar-refractivity contribution in [1.82, 2.24) is 15.3 Å². The topological polar surface area (TPSA) is 40.7 Å². The van der Waals surface area contributed by atoms with Crippen LogP contribution in [0.25, 0.3) is 0 Å². The van der Waals surface area contributed by atoms with Gasteiger partial charge in [-0.15, -0.1) is 6.58 Å². The number of rotatable bonds is 3. The molecule has 0 bridgehead atoms. The van der Waals surface area contributed by atoms with E-state index in [0.717, 1.165) is 5.82 Å². The minimum Gasteiger partial charge on any atom is -0.347 e. The van der Waals surface area contributed by atoms with Crippen LogP contribution < -0.4 is 5.32 Å². The average Bonchev–Trinajstić information content (AvgIpc) is 2.43. The molecule has 1 atom stereocenters. The fourth-order valence-electron chi connectivity index (χ4n) is 0.814. The molecule has 0 aliphatic heterocycles. The Hall–Kier alpha value is -1.09. The smallest absolute Gasteiger partial charge is 0.127 e. The fraction of sp³-hybridized carbons (Fsp3) is 0.286. The highest BCUT2D eigenvalue weighted by atomic mass is 15.0. The summed E-state index contributed by atoms with van der Waals surface area (Å²) in [4.78, 5) is 7.06. The van der Waals surface area contributed by atoms with E-state index in [1.807, 2.05) is 7.05 Å². The summed E-state index contributed by atoms with van der Waals surface area (Å²) >= 11 is 0. The van der Waals surface area contributed by atoms with E-state index < -0.39 is 0 Å². The third kappa shape index (κ3) is 1.25. The predicted octanol–water partition coefficient (Wildman–Crippen LogP) is 0.856. The van der Waals surface area contributed by atoms with Crippen LogP contribution in [0.1, 0.15) is 11.9 Å². The molecule has 0 aliphatic carbocycles. The van der Waals surface area contributed by atoms with E-state index in [-0.39, 0.29) is 6.04 Å². The van der Waals surface area contributed by atoms with Crippen LogP contribution in [0, 0.1) is 0 Å². The van der Waals surface area contributed by atoms with Crippen LogP contribution in [0.3, 0.4) is 0 Å². The molecule has 0 saturated heterocycles. The van der Waals surface area contributed by atoms with Gasteiger partial charge in [-0.25, -0.2) is 4.98 Å². The van der Waals surface area contributed by atoms with Crippen molar-refractivity contribution in [1.29, 1.82) is 0 Å². The van der Waals surface area contributed by atoms with Crippen LogP contribution in [-0.2, 0) is 0 Å². The number of hydrogen-bond donors (Lipinski definition) is 2. The second-order valence-electron chi connectivity index (χ2n) is 1.98. The van der Waals surface area contributed by atoms with Crippen molar-refractivity contribution in [2.24, 2.45) is 0 Å². The SMILES string of the molecule is C=CC(NC)c1ncc[nH]1. The van der Waals surface area contributed by atoms with Crippen LogP contribution in [0.5, 0.6) is 0 Å². The van der Waals surface area contributed by atoms with Crippen molar-refractivity contribution in [3.8, 4) is 0 Å². The highest BCUT2D eigenvalue weighted by Crippen LogP contribution is 2.05. The van der Waals surface area contributed by atoms with Crippen LogP contribution in [0.4, 0.5) is 0 Å². The molecule has 10 heavy (non-hydrogen) atoms. The zero-order valence-corrected chi connectivity index (χ0v) is 5.96. The van der Waals surface area contributed by atoms with Gasteiger partial charge in [0.15, 0.2) is 0 Å². The molecule has 0 fully saturated rings. The lowest BCUT2D eigenvalue weighted by Gasteiger charge is -2.05. The second kappa shape index (κ2) is 3.17. The van der Waals surface area contributed by atoms with Crippen molar-refractivity contribution in [2.45, 2.75) is 6.04 Å². The maximum absolute atomic E-state index is 4.07. The summed E-state index contributed by atoms with van der Waals surface area (Å²) in [6.45, 7) is 3.67. The lowest BCUT2D eigenvalue weighted by Crippen LogP contribution is -2.14. The standard InChI is InChI=1S/C7H11N3/c1-3-6(8-2)7-9-4-5-10-7/h3-6,8H,1H2,2H3,(H,9,10). The van der Waals surface area contributed by atoms with Gasteiger partial charge in [-0.2, -0.15) is 0 Å². The molecule has 1 rings (SSSR count). The van der Waals surface area contributed by atoms with Crippen molar-refractivity contribution in [3.05, 3.63) is 30.9 Å². The highest BCUT2D eigenvalue weighted by molar-refractivity contribution is 5.02. The van der Waals surface area contributed by atoms with Crippen LogP contribution >= 0.6 is 0 Å². The van der Waals surface area contributed by atoms with Gasteiger partial charge in [0.2, 0.25) is 0 Å². The average molecular weight is 137 g/mol. The fourth-order valence-corrected chi connectivity index (χ4v) is 0.814. The third-order valence-electron chi connectivity index (χ3n) is 1.36.